The van der Waals surface area contributed by atoms with E-state index in [0.29, 0.717) is 13.2 Å². The number of nitrogens with one attached hydrogen (secondary N) is 1. The molecular weight excluding hydrogens is 240 g/mol. The molecule has 1 aromatic rings. The number of hydrogen-bond donors (Lipinski definition) is 1. The minimum absolute atomic E-state index is 0.0844. The molecule has 8 heteroatoms. The van der Waals surface area contributed by atoms with Crippen LogP contribution in [0.25, 0.3) is 0 Å². The van der Waals surface area contributed by atoms with Crippen molar-refractivity contribution in [2.45, 2.75) is 20.0 Å². The van der Waals surface area contributed by atoms with Gasteiger partial charge in [-0.3, -0.25) is 10.1 Å². The molecule has 0 aromatic carbocycles. The van der Waals surface area contributed by atoms with Crippen molar-refractivity contribution >= 4 is 11.5 Å². The van der Waals surface area contributed by atoms with Gasteiger partial charge in [0, 0.05) is 13.7 Å². The molecule has 0 amide bonds. The first kappa shape index (κ1) is 14.1. The number of rotatable bonds is 7. The van der Waals surface area contributed by atoms with Crippen molar-refractivity contribution in [1.29, 1.82) is 0 Å². The van der Waals surface area contributed by atoms with Gasteiger partial charge >= 0.3 is 11.7 Å². The third kappa shape index (κ3) is 3.81. The quantitative estimate of drug-likeness (QED) is 0.578. The van der Waals surface area contributed by atoms with Crippen LogP contribution in [0.5, 0.6) is 6.01 Å². The molecule has 0 aliphatic heterocycles. The Hall–Kier alpha value is -1.96. The highest BCUT2D eigenvalue weighted by Gasteiger charge is 2.18. The third-order valence-electron chi connectivity index (χ3n) is 2.00. The van der Waals surface area contributed by atoms with Crippen molar-refractivity contribution in [1.82, 2.24) is 9.97 Å². The fourth-order valence-electron chi connectivity index (χ4n) is 1.30. The van der Waals surface area contributed by atoms with Crippen LogP contribution in [0.15, 0.2) is 6.20 Å². The molecule has 1 N–H and O–H groups in total. The fourth-order valence-corrected chi connectivity index (χ4v) is 1.30. The van der Waals surface area contributed by atoms with Gasteiger partial charge in [0.05, 0.1) is 11.5 Å². The summed E-state index contributed by atoms with van der Waals surface area (Å²) in [7, 11) is 1.56. The Kier molecular flexibility index (Phi) is 5.25. The van der Waals surface area contributed by atoms with Gasteiger partial charge in [-0.05, 0) is 13.8 Å². The molecule has 0 radical (unpaired) electrons. The number of ether oxygens (including phenoxy) is 2. The molecule has 0 saturated carbocycles. The van der Waals surface area contributed by atoms with Crippen LogP contribution in [-0.2, 0) is 4.74 Å². The highest BCUT2D eigenvalue weighted by molar-refractivity contribution is 5.54. The summed E-state index contributed by atoms with van der Waals surface area (Å²) in [4.78, 5) is 18.0. The molecule has 0 fully saturated rings. The molecule has 0 aliphatic carbocycles. The van der Waals surface area contributed by atoms with Crippen molar-refractivity contribution in [3.63, 3.8) is 0 Å². The van der Waals surface area contributed by atoms with Gasteiger partial charge in [0.1, 0.15) is 12.3 Å². The summed E-state index contributed by atoms with van der Waals surface area (Å²) in [6, 6.07) is 0.0844. The van der Waals surface area contributed by atoms with Crippen molar-refractivity contribution in [2.75, 3.05) is 25.6 Å². The monoisotopic (exact) mass is 256 g/mol. The topological polar surface area (TPSA) is 99.4 Å². The third-order valence-corrected chi connectivity index (χ3v) is 2.00. The Morgan fingerprint density at radius 2 is 2.33 bits per heavy atom. The Bertz CT molecular complexity index is 413. The summed E-state index contributed by atoms with van der Waals surface area (Å²) in [6.45, 7) is 4.52. The fraction of sp³-hybridized carbons (Fsp3) is 0.600. The molecule has 0 spiro atoms. The first-order valence-corrected chi connectivity index (χ1v) is 5.49. The van der Waals surface area contributed by atoms with Crippen LogP contribution in [0.3, 0.4) is 0 Å². The molecule has 8 nitrogen and oxygen atoms in total. The maximum Gasteiger partial charge on any atom is 0.329 e. The maximum absolute atomic E-state index is 10.8. The lowest BCUT2D eigenvalue weighted by Gasteiger charge is -2.12. The predicted octanol–water partition coefficient (Wildman–Crippen LogP) is 1.23. The number of nitrogens with zero attached hydrogens (tertiary/aromatic N) is 3. The smallest absolute Gasteiger partial charge is 0.329 e. The first-order chi connectivity index (χ1) is 8.58. The van der Waals surface area contributed by atoms with Gasteiger partial charge in [0.15, 0.2) is 0 Å². The van der Waals surface area contributed by atoms with Crippen molar-refractivity contribution < 1.29 is 14.4 Å². The summed E-state index contributed by atoms with van der Waals surface area (Å²) in [6.07, 6.45) is 0.894. The zero-order valence-electron chi connectivity index (χ0n) is 10.5. The zero-order valence-corrected chi connectivity index (χ0v) is 10.5. The van der Waals surface area contributed by atoms with Gasteiger partial charge < -0.3 is 14.8 Å². The molecule has 1 atom stereocenters. The van der Waals surface area contributed by atoms with E-state index in [1.807, 2.05) is 6.92 Å². The van der Waals surface area contributed by atoms with Crippen molar-refractivity contribution in [3.05, 3.63) is 16.3 Å². The second kappa shape index (κ2) is 6.70. The van der Waals surface area contributed by atoms with Crippen LogP contribution in [-0.4, -0.2) is 41.3 Å². The summed E-state index contributed by atoms with van der Waals surface area (Å²) >= 11 is 0. The van der Waals surface area contributed by atoms with E-state index in [9.17, 15) is 10.1 Å². The first-order valence-electron chi connectivity index (χ1n) is 5.49. The molecule has 1 rings (SSSR count). The van der Waals surface area contributed by atoms with E-state index in [-0.39, 0.29) is 23.6 Å². The summed E-state index contributed by atoms with van der Waals surface area (Å²) in [5, 5.41) is 13.6. The van der Waals surface area contributed by atoms with Gasteiger partial charge in [-0.15, -0.1) is 0 Å². The van der Waals surface area contributed by atoms with Crippen LogP contribution in [0, 0.1) is 10.1 Å². The lowest BCUT2D eigenvalue weighted by Crippen LogP contribution is -2.19. The molecule has 100 valence electrons. The van der Waals surface area contributed by atoms with Gasteiger partial charge in [0.2, 0.25) is 5.82 Å². The number of aromatic nitrogens is 2. The molecular formula is C10H16N4O4. The number of hydrogen-bond acceptors (Lipinski definition) is 7. The SMILES string of the molecule is CCNc1nc(OC(C)COC)ncc1[N+](=O)[O-]. The molecule has 0 aliphatic rings. The van der Waals surface area contributed by atoms with E-state index in [0.717, 1.165) is 6.20 Å². The van der Waals surface area contributed by atoms with E-state index in [4.69, 9.17) is 9.47 Å². The molecule has 1 unspecified atom stereocenters. The second-order valence-electron chi connectivity index (χ2n) is 3.56. The Morgan fingerprint density at radius 3 is 2.89 bits per heavy atom. The number of methoxy groups -OCH3 is 1. The normalized spacial score (nSPS) is 11.9. The van der Waals surface area contributed by atoms with Gasteiger partial charge in [0.25, 0.3) is 0 Å². The van der Waals surface area contributed by atoms with Crippen LogP contribution < -0.4 is 10.1 Å². The minimum Gasteiger partial charge on any atom is -0.458 e. The number of nitro groups is 1. The summed E-state index contributed by atoms with van der Waals surface area (Å²) in [5.41, 5.74) is -0.177. The Balaban J connectivity index is 2.88. The number of anilines is 1. The summed E-state index contributed by atoms with van der Waals surface area (Å²) < 4.78 is 10.3. The van der Waals surface area contributed by atoms with Gasteiger partial charge in [-0.25, -0.2) is 0 Å². The highest BCUT2D eigenvalue weighted by atomic mass is 16.6. The lowest BCUT2D eigenvalue weighted by atomic mass is 10.4. The van der Waals surface area contributed by atoms with E-state index in [2.05, 4.69) is 15.3 Å². The van der Waals surface area contributed by atoms with Crippen LogP contribution in [0.1, 0.15) is 13.8 Å². The second-order valence-corrected chi connectivity index (χ2v) is 3.56. The van der Waals surface area contributed by atoms with E-state index in [1.54, 1.807) is 14.0 Å². The van der Waals surface area contributed by atoms with Crippen LogP contribution >= 0.6 is 0 Å². The Morgan fingerprint density at radius 1 is 1.61 bits per heavy atom. The van der Waals surface area contributed by atoms with Gasteiger partial charge in [-0.1, -0.05) is 0 Å². The van der Waals surface area contributed by atoms with Crippen molar-refractivity contribution in [2.24, 2.45) is 0 Å². The standard InChI is InChI=1S/C10H16N4O4/c1-4-11-9-8(14(15)16)5-12-10(13-9)18-7(2)6-17-3/h5,7H,4,6H2,1-3H3,(H,11,12,13). The Labute approximate surface area is 104 Å². The van der Waals surface area contributed by atoms with E-state index >= 15 is 0 Å². The molecule has 0 bridgehead atoms. The van der Waals surface area contributed by atoms with Crippen LogP contribution in [0.2, 0.25) is 0 Å². The average Bonchev–Trinajstić information content (AvgIpc) is 2.29. The highest BCUT2D eigenvalue weighted by Crippen LogP contribution is 2.22. The zero-order chi connectivity index (χ0) is 13.5. The molecule has 1 heterocycles. The van der Waals surface area contributed by atoms with E-state index in [1.165, 1.54) is 0 Å². The van der Waals surface area contributed by atoms with E-state index < -0.39 is 4.92 Å². The van der Waals surface area contributed by atoms with Crippen LogP contribution in [0.4, 0.5) is 11.5 Å². The van der Waals surface area contributed by atoms with Crippen molar-refractivity contribution in [3.8, 4) is 6.01 Å². The van der Waals surface area contributed by atoms with Gasteiger partial charge in [-0.2, -0.15) is 9.97 Å². The molecule has 0 saturated heterocycles. The average molecular weight is 256 g/mol. The lowest BCUT2D eigenvalue weighted by molar-refractivity contribution is -0.384. The largest absolute Gasteiger partial charge is 0.458 e. The molecule has 1 aromatic heterocycles. The maximum atomic E-state index is 10.8. The summed E-state index contributed by atoms with van der Waals surface area (Å²) in [5.74, 6) is 0.150. The predicted molar refractivity (Wildman–Crippen MR) is 64.8 cm³/mol. The minimum atomic E-state index is -0.541. The molecule has 18 heavy (non-hydrogen) atoms.